The molecule has 0 spiro atoms. The molecule has 1 aromatic heterocycles. The van der Waals surface area contributed by atoms with Gasteiger partial charge in [-0.25, -0.2) is 8.42 Å². The van der Waals surface area contributed by atoms with E-state index in [1.807, 2.05) is 31.2 Å². The van der Waals surface area contributed by atoms with Gasteiger partial charge in [0, 0.05) is 22.7 Å². The fraction of sp³-hybridized carbons (Fsp3) is 0.238. The van der Waals surface area contributed by atoms with Crippen LogP contribution in [0.5, 0.6) is 0 Å². The normalized spacial score (nSPS) is 12.6. The zero-order chi connectivity index (χ0) is 20.3. The van der Waals surface area contributed by atoms with Crippen LogP contribution in [0.4, 0.5) is 0 Å². The number of aromatic amines is 1. The topological polar surface area (TPSA) is 93.3 Å². The Morgan fingerprint density at radius 1 is 1.07 bits per heavy atom. The van der Waals surface area contributed by atoms with Crippen molar-refractivity contribution >= 4 is 32.5 Å². The largest absolute Gasteiger partial charge is 0.454 e. The van der Waals surface area contributed by atoms with E-state index in [9.17, 15) is 18.0 Å². The Labute approximate surface area is 163 Å². The zero-order valence-corrected chi connectivity index (χ0v) is 16.5. The SMILES string of the molecule is Cc1ccc(S(=O)(=O)CCC(=O)OC(C)C(=O)c2c[nH]c3ccccc23)cc1. The third kappa shape index (κ3) is 4.31. The van der Waals surface area contributed by atoms with E-state index in [1.54, 1.807) is 18.3 Å². The van der Waals surface area contributed by atoms with Crippen LogP contribution < -0.4 is 0 Å². The smallest absolute Gasteiger partial charge is 0.307 e. The second-order valence-corrected chi connectivity index (χ2v) is 8.74. The Morgan fingerprint density at radius 3 is 2.46 bits per heavy atom. The molecule has 7 heteroatoms. The summed E-state index contributed by atoms with van der Waals surface area (Å²) in [6.07, 6.45) is 0.259. The maximum atomic E-state index is 12.6. The van der Waals surface area contributed by atoms with Crippen molar-refractivity contribution in [1.29, 1.82) is 0 Å². The molecule has 0 aliphatic carbocycles. The lowest BCUT2D eigenvalue weighted by Gasteiger charge is -2.12. The van der Waals surface area contributed by atoms with E-state index in [0.29, 0.717) is 5.56 Å². The molecule has 0 fully saturated rings. The number of H-pyrrole nitrogens is 1. The number of rotatable bonds is 7. The van der Waals surface area contributed by atoms with Crippen LogP contribution in [0.25, 0.3) is 10.9 Å². The summed E-state index contributed by atoms with van der Waals surface area (Å²) < 4.78 is 29.8. The van der Waals surface area contributed by atoms with Crippen LogP contribution in [0.1, 0.15) is 29.3 Å². The van der Waals surface area contributed by atoms with E-state index in [1.165, 1.54) is 19.1 Å². The van der Waals surface area contributed by atoms with Crippen molar-refractivity contribution in [3.63, 3.8) is 0 Å². The quantitative estimate of drug-likeness (QED) is 0.485. The Hall–Kier alpha value is -2.93. The number of hydrogen-bond acceptors (Lipinski definition) is 5. The first kappa shape index (κ1) is 19.8. The molecule has 0 saturated heterocycles. The number of benzene rings is 2. The van der Waals surface area contributed by atoms with Gasteiger partial charge >= 0.3 is 5.97 Å². The molecule has 0 amide bonds. The average Bonchev–Trinajstić information content (AvgIpc) is 3.10. The molecule has 0 bridgehead atoms. The van der Waals surface area contributed by atoms with Crippen LogP contribution in [0.2, 0.25) is 0 Å². The second kappa shape index (κ2) is 7.98. The number of ether oxygens (including phenoxy) is 1. The van der Waals surface area contributed by atoms with Gasteiger partial charge in [0.2, 0.25) is 5.78 Å². The Kier molecular flexibility index (Phi) is 5.65. The summed E-state index contributed by atoms with van der Waals surface area (Å²) in [6, 6.07) is 13.8. The van der Waals surface area contributed by atoms with E-state index >= 15 is 0 Å². The van der Waals surface area contributed by atoms with Crippen LogP contribution in [-0.2, 0) is 19.4 Å². The summed E-state index contributed by atoms with van der Waals surface area (Å²) in [5.74, 6) is -1.44. The summed E-state index contributed by atoms with van der Waals surface area (Å²) in [6.45, 7) is 3.34. The first-order chi connectivity index (χ1) is 13.3. The van der Waals surface area contributed by atoms with E-state index in [0.717, 1.165) is 16.5 Å². The van der Waals surface area contributed by atoms with E-state index < -0.39 is 21.9 Å². The molecule has 0 radical (unpaired) electrons. The standard InChI is InChI=1S/C21H21NO5S/c1-14-7-9-16(10-8-14)28(25,26)12-11-20(23)27-15(2)21(24)18-13-22-19-6-4-3-5-17(18)19/h3-10,13,15,22H,11-12H2,1-2H3. The van der Waals surface area contributed by atoms with Crippen molar-refractivity contribution in [3.05, 3.63) is 65.9 Å². The van der Waals surface area contributed by atoms with E-state index in [4.69, 9.17) is 4.74 Å². The van der Waals surface area contributed by atoms with E-state index in [-0.39, 0.29) is 22.9 Å². The predicted molar refractivity (Wildman–Crippen MR) is 106 cm³/mol. The molecule has 2 aromatic carbocycles. The molecule has 6 nitrogen and oxygen atoms in total. The average molecular weight is 399 g/mol. The molecule has 1 unspecified atom stereocenters. The molecular weight excluding hydrogens is 378 g/mol. The molecule has 1 heterocycles. The third-order valence-electron chi connectivity index (χ3n) is 4.49. The van der Waals surface area contributed by atoms with Gasteiger partial charge < -0.3 is 9.72 Å². The number of nitrogens with one attached hydrogen (secondary N) is 1. The molecule has 1 N–H and O–H groups in total. The third-order valence-corrected chi connectivity index (χ3v) is 6.22. The minimum absolute atomic E-state index is 0.161. The van der Waals surface area contributed by atoms with Crippen molar-refractivity contribution in [2.75, 3.05) is 5.75 Å². The highest BCUT2D eigenvalue weighted by Crippen LogP contribution is 2.20. The van der Waals surface area contributed by atoms with Gasteiger partial charge in [-0.15, -0.1) is 0 Å². The summed E-state index contributed by atoms with van der Waals surface area (Å²) in [7, 11) is -3.59. The zero-order valence-electron chi connectivity index (χ0n) is 15.6. The number of para-hydroxylation sites is 1. The first-order valence-electron chi connectivity index (χ1n) is 8.87. The molecule has 28 heavy (non-hydrogen) atoms. The molecule has 0 aliphatic rings. The van der Waals surface area contributed by atoms with Gasteiger partial charge in [0.15, 0.2) is 15.9 Å². The van der Waals surface area contributed by atoms with Crippen molar-refractivity contribution in [2.45, 2.75) is 31.3 Å². The first-order valence-corrected chi connectivity index (χ1v) is 10.5. The van der Waals surface area contributed by atoms with Crippen molar-refractivity contribution in [1.82, 2.24) is 4.98 Å². The van der Waals surface area contributed by atoms with Crippen LogP contribution in [0.15, 0.2) is 59.6 Å². The van der Waals surface area contributed by atoms with Crippen molar-refractivity contribution in [3.8, 4) is 0 Å². The minimum atomic E-state index is -3.59. The maximum Gasteiger partial charge on any atom is 0.307 e. The Bertz CT molecular complexity index is 1110. The van der Waals surface area contributed by atoms with Crippen LogP contribution in [0.3, 0.4) is 0 Å². The van der Waals surface area contributed by atoms with Gasteiger partial charge in [-0.1, -0.05) is 35.9 Å². The highest BCUT2D eigenvalue weighted by molar-refractivity contribution is 7.91. The van der Waals surface area contributed by atoms with Gasteiger partial charge in [-0.3, -0.25) is 9.59 Å². The van der Waals surface area contributed by atoms with Gasteiger partial charge in [0.1, 0.15) is 0 Å². The Morgan fingerprint density at radius 2 is 1.75 bits per heavy atom. The van der Waals surface area contributed by atoms with Crippen LogP contribution >= 0.6 is 0 Å². The highest BCUT2D eigenvalue weighted by atomic mass is 32.2. The van der Waals surface area contributed by atoms with E-state index in [2.05, 4.69) is 4.98 Å². The predicted octanol–water partition coefficient (Wildman–Crippen LogP) is 3.45. The fourth-order valence-corrected chi connectivity index (χ4v) is 4.11. The fourth-order valence-electron chi connectivity index (χ4n) is 2.89. The number of Topliss-reactive ketones (excluding diaryl/α,β-unsaturated/α-hetero) is 1. The molecule has 0 aliphatic heterocycles. The molecular formula is C21H21NO5S. The van der Waals surface area contributed by atoms with Crippen LogP contribution in [0, 0.1) is 6.92 Å². The molecule has 1 atom stereocenters. The van der Waals surface area contributed by atoms with Crippen molar-refractivity contribution < 1.29 is 22.7 Å². The highest BCUT2D eigenvalue weighted by Gasteiger charge is 2.23. The molecule has 3 rings (SSSR count). The lowest BCUT2D eigenvalue weighted by molar-refractivity contribution is -0.145. The number of sulfone groups is 1. The van der Waals surface area contributed by atoms with Gasteiger partial charge in [-0.05, 0) is 32.0 Å². The number of carbonyl (C=O) groups is 2. The number of fused-ring (bicyclic) bond motifs is 1. The summed E-state index contributed by atoms with van der Waals surface area (Å²) in [5.41, 5.74) is 2.19. The number of ketones is 1. The molecule has 146 valence electrons. The maximum absolute atomic E-state index is 12.6. The van der Waals surface area contributed by atoms with Gasteiger partial charge in [-0.2, -0.15) is 0 Å². The van der Waals surface area contributed by atoms with Gasteiger partial charge in [0.25, 0.3) is 0 Å². The van der Waals surface area contributed by atoms with Gasteiger partial charge in [0.05, 0.1) is 17.1 Å². The Balaban J connectivity index is 1.61. The van der Waals surface area contributed by atoms with Crippen LogP contribution in [-0.4, -0.2) is 37.0 Å². The number of carbonyl (C=O) groups excluding carboxylic acids is 2. The summed E-state index contributed by atoms with van der Waals surface area (Å²) >= 11 is 0. The number of hydrogen-bond donors (Lipinski definition) is 1. The minimum Gasteiger partial charge on any atom is -0.454 e. The number of esters is 1. The summed E-state index contributed by atoms with van der Waals surface area (Å²) in [5, 5.41) is 0.748. The summed E-state index contributed by atoms with van der Waals surface area (Å²) in [4.78, 5) is 27.8. The lowest BCUT2D eigenvalue weighted by Crippen LogP contribution is -2.25. The monoisotopic (exact) mass is 399 g/mol. The lowest BCUT2D eigenvalue weighted by atomic mass is 10.1. The number of aromatic nitrogens is 1. The second-order valence-electron chi connectivity index (χ2n) is 6.63. The van der Waals surface area contributed by atoms with Crippen molar-refractivity contribution in [2.24, 2.45) is 0 Å². The molecule has 0 saturated carbocycles. The number of aryl methyl sites for hydroxylation is 1. The molecule has 3 aromatic rings.